The molecule has 0 aromatic heterocycles. The Balaban J connectivity index is 2.32. The molecular weight excluding hydrogens is 158 g/mol. The van der Waals surface area contributed by atoms with Crippen LogP contribution in [0.4, 0.5) is 0 Å². The first kappa shape index (κ1) is 8.65. The zero-order chi connectivity index (χ0) is 8.10. The average molecular weight is 170 g/mol. The minimum atomic E-state index is 0.0553. The van der Waals surface area contributed by atoms with Gasteiger partial charge in [-0.2, -0.15) is 0 Å². The Kier molecular flexibility index (Phi) is 3.49. The van der Waals surface area contributed by atoms with Gasteiger partial charge in [0.15, 0.2) is 0 Å². The Morgan fingerprint density at radius 1 is 1.36 bits per heavy atom. The fourth-order valence-electron chi connectivity index (χ4n) is 1.52. The average Bonchev–Trinajstić information content (AvgIpc) is 2.07. The predicted molar refractivity (Wildman–Crippen MR) is 47.3 cm³/mol. The second-order valence-corrected chi connectivity index (χ2v) is 3.13. The van der Waals surface area contributed by atoms with E-state index in [1.165, 1.54) is 19.3 Å². The van der Waals surface area contributed by atoms with E-state index in [1.54, 1.807) is 0 Å². The summed E-state index contributed by atoms with van der Waals surface area (Å²) in [7, 11) is 0. The SMILES string of the molecule is O=C(N[C]=S)C1CCCCC1. The van der Waals surface area contributed by atoms with Crippen LogP contribution in [0.15, 0.2) is 0 Å². The third-order valence-electron chi connectivity index (χ3n) is 2.15. The van der Waals surface area contributed by atoms with E-state index in [0.29, 0.717) is 0 Å². The molecule has 61 valence electrons. The molecule has 1 fully saturated rings. The van der Waals surface area contributed by atoms with Crippen molar-refractivity contribution < 1.29 is 4.79 Å². The van der Waals surface area contributed by atoms with Gasteiger partial charge in [-0.25, -0.2) is 0 Å². The Bertz CT molecular complexity index is 152. The number of hydrogen-bond acceptors (Lipinski definition) is 2. The Labute approximate surface area is 72.4 Å². The second-order valence-electron chi connectivity index (χ2n) is 2.93. The van der Waals surface area contributed by atoms with Crippen molar-refractivity contribution in [2.45, 2.75) is 32.1 Å². The molecule has 2 nitrogen and oxygen atoms in total. The van der Waals surface area contributed by atoms with Gasteiger partial charge in [0.05, 0.1) is 0 Å². The highest BCUT2D eigenvalue weighted by atomic mass is 32.1. The highest BCUT2D eigenvalue weighted by Crippen LogP contribution is 2.23. The van der Waals surface area contributed by atoms with Gasteiger partial charge in [0, 0.05) is 5.92 Å². The zero-order valence-electron chi connectivity index (χ0n) is 6.43. The number of rotatable bonds is 2. The largest absolute Gasteiger partial charge is 0.314 e. The molecule has 0 saturated heterocycles. The molecule has 0 aliphatic heterocycles. The molecule has 0 unspecified atom stereocenters. The van der Waals surface area contributed by atoms with Gasteiger partial charge in [0.1, 0.15) is 5.49 Å². The Morgan fingerprint density at radius 2 is 2.00 bits per heavy atom. The lowest BCUT2D eigenvalue weighted by Gasteiger charge is -2.19. The molecule has 1 amide bonds. The summed E-state index contributed by atoms with van der Waals surface area (Å²) in [6, 6.07) is 0. The monoisotopic (exact) mass is 170 g/mol. The molecule has 1 aliphatic carbocycles. The van der Waals surface area contributed by atoms with Gasteiger partial charge in [-0.15, -0.1) is 0 Å². The summed E-state index contributed by atoms with van der Waals surface area (Å²) in [4.78, 5) is 11.2. The Hall–Kier alpha value is -0.440. The predicted octanol–water partition coefficient (Wildman–Crippen LogP) is 1.52. The molecule has 1 rings (SSSR count). The highest BCUT2D eigenvalue weighted by Gasteiger charge is 2.19. The van der Waals surface area contributed by atoms with Crippen LogP contribution in [0, 0.1) is 5.92 Å². The van der Waals surface area contributed by atoms with Gasteiger partial charge in [0.25, 0.3) is 0 Å². The fraction of sp³-hybridized carbons (Fsp3) is 0.750. The van der Waals surface area contributed by atoms with Crippen molar-refractivity contribution in [3.8, 4) is 0 Å². The van der Waals surface area contributed by atoms with Crippen LogP contribution in [-0.4, -0.2) is 11.4 Å². The molecule has 0 spiro atoms. The number of nitrogens with one attached hydrogen (secondary N) is 1. The molecule has 1 saturated carbocycles. The molecular formula is C8H12NOS. The summed E-state index contributed by atoms with van der Waals surface area (Å²) in [5, 5.41) is 2.44. The van der Waals surface area contributed by atoms with E-state index in [4.69, 9.17) is 0 Å². The van der Waals surface area contributed by atoms with Crippen molar-refractivity contribution in [2.75, 3.05) is 0 Å². The van der Waals surface area contributed by atoms with Gasteiger partial charge in [-0.05, 0) is 12.8 Å². The highest BCUT2D eigenvalue weighted by molar-refractivity contribution is 7.78. The van der Waals surface area contributed by atoms with E-state index in [0.717, 1.165) is 12.8 Å². The van der Waals surface area contributed by atoms with Crippen LogP contribution in [0.3, 0.4) is 0 Å². The van der Waals surface area contributed by atoms with Crippen molar-refractivity contribution in [3.05, 3.63) is 0 Å². The quantitative estimate of drug-likeness (QED) is 0.503. The van der Waals surface area contributed by atoms with Gasteiger partial charge in [0.2, 0.25) is 5.91 Å². The van der Waals surface area contributed by atoms with Gasteiger partial charge in [-0.3, -0.25) is 4.79 Å². The maximum absolute atomic E-state index is 11.2. The molecule has 1 radical (unpaired) electrons. The van der Waals surface area contributed by atoms with Crippen LogP contribution in [0.25, 0.3) is 0 Å². The minimum absolute atomic E-state index is 0.0553. The lowest BCUT2D eigenvalue weighted by molar-refractivity contribution is -0.124. The number of carbonyl (C=O) groups is 1. The molecule has 0 aromatic carbocycles. The second kappa shape index (κ2) is 4.44. The lowest BCUT2D eigenvalue weighted by Crippen LogP contribution is -2.30. The molecule has 11 heavy (non-hydrogen) atoms. The van der Waals surface area contributed by atoms with Crippen LogP contribution >= 0.6 is 12.2 Å². The van der Waals surface area contributed by atoms with Crippen molar-refractivity contribution in [1.82, 2.24) is 5.32 Å². The molecule has 0 heterocycles. The van der Waals surface area contributed by atoms with E-state index in [9.17, 15) is 4.79 Å². The molecule has 3 heteroatoms. The van der Waals surface area contributed by atoms with Crippen LogP contribution in [0.1, 0.15) is 32.1 Å². The zero-order valence-corrected chi connectivity index (χ0v) is 7.25. The summed E-state index contributed by atoms with van der Waals surface area (Å²) in [6.07, 6.45) is 5.65. The number of thiocarbonyl (C=S) groups is 1. The smallest absolute Gasteiger partial charge is 0.228 e. The maximum Gasteiger partial charge on any atom is 0.228 e. The number of hydrogen-bond donors (Lipinski definition) is 1. The fourth-order valence-corrected chi connectivity index (χ4v) is 1.62. The first-order valence-electron chi connectivity index (χ1n) is 4.01. The number of carbonyl (C=O) groups excluding carboxylic acids is 1. The van der Waals surface area contributed by atoms with Crippen LogP contribution in [0.2, 0.25) is 0 Å². The first-order valence-corrected chi connectivity index (χ1v) is 4.42. The summed E-state index contributed by atoms with van der Waals surface area (Å²) >= 11 is 4.42. The molecule has 0 atom stereocenters. The van der Waals surface area contributed by atoms with Crippen LogP contribution < -0.4 is 5.32 Å². The van der Waals surface area contributed by atoms with E-state index in [1.807, 2.05) is 0 Å². The van der Waals surface area contributed by atoms with E-state index >= 15 is 0 Å². The molecule has 0 aromatic rings. The van der Waals surface area contributed by atoms with Gasteiger partial charge in [-0.1, -0.05) is 31.5 Å². The summed E-state index contributed by atoms with van der Waals surface area (Å²) < 4.78 is 0. The summed E-state index contributed by atoms with van der Waals surface area (Å²) in [5.74, 6) is 0.249. The Morgan fingerprint density at radius 3 is 2.55 bits per heavy atom. The van der Waals surface area contributed by atoms with Crippen LogP contribution in [0.5, 0.6) is 0 Å². The van der Waals surface area contributed by atoms with E-state index < -0.39 is 0 Å². The third-order valence-corrected chi connectivity index (χ3v) is 2.25. The molecule has 0 bridgehead atoms. The third kappa shape index (κ3) is 2.58. The summed E-state index contributed by atoms with van der Waals surface area (Å²) in [5.41, 5.74) is 2.25. The van der Waals surface area contributed by atoms with Crippen molar-refractivity contribution in [2.24, 2.45) is 5.92 Å². The topological polar surface area (TPSA) is 29.1 Å². The lowest BCUT2D eigenvalue weighted by atomic mass is 9.89. The van der Waals surface area contributed by atoms with Gasteiger partial charge >= 0.3 is 0 Å². The van der Waals surface area contributed by atoms with Crippen molar-refractivity contribution in [3.63, 3.8) is 0 Å². The summed E-state index contributed by atoms with van der Waals surface area (Å²) in [6.45, 7) is 0. The molecule has 1 N–H and O–H groups in total. The van der Waals surface area contributed by atoms with Crippen molar-refractivity contribution >= 4 is 23.6 Å². The van der Waals surface area contributed by atoms with E-state index in [-0.39, 0.29) is 11.8 Å². The standard InChI is InChI=1S/C8H12NOS/c10-8(9-6-11)7-4-2-1-3-5-7/h7H,1-5H2,(H,9,10,11). The molecule has 1 aliphatic rings. The van der Waals surface area contributed by atoms with E-state index in [2.05, 4.69) is 23.0 Å². The van der Waals surface area contributed by atoms with Crippen molar-refractivity contribution in [1.29, 1.82) is 0 Å². The van der Waals surface area contributed by atoms with Gasteiger partial charge < -0.3 is 5.32 Å². The van der Waals surface area contributed by atoms with Crippen LogP contribution in [-0.2, 0) is 4.79 Å². The number of amides is 1. The minimum Gasteiger partial charge on any atom is -0.314 e. The first-order chi connectivity index (χ1) is 5.34. The maximum atomic E-state index is 11.2. The normalized spacial score (nSPS) is 19.3.